The van der Waals surface area contributed by atoms with Gasteiger partial charge in [-0.1, -0.05) is 43.3 Å². The molecular weight excluding hydrogens is 412 g/mol. The summed E-state index contributed by atoms with van der Waals surface area (Å²) < 4.78 is 5.73. The SMILES string of the molecule is CCc1ccc(N2C(=O)C(Nc3cccc(C)c3)=C(c3ccc(OC(C)C)cc3)C2=O)cc1. The minimum absolute atomic E-state index is 0.0462. The molecule has 0 saturated heterocycles. The lowest BCUT2D eigenvalue weighted by atomic mass is 10.0. The van der Waals surface area contributed by atoms with Crippen LogP contribution in [0.5, 0.6) is 5.75 Å². The molecule has 1 aliphatic rings. The molecular formula is C28H28N2O3. The third-order valence-electron chi connectivity index (χ3n) is 5.49. The molecule has 3 aromatic rings. The lowest BCUT2D eigenvalue weighted by Crippen LogP contribution is -2.32. The van der Waals surface area contributed by atoms with E-state index < -0.39 is 0 Å². The molecule has 0 saturated carbocycles. The van der Waals surface area contributed by atoms with Crippen LogP contribution in [-0.4, -0.2) is 17.9 Å². The molecule has 0 unspecified atom stereocenters. The molecule has 0 radical (unpaired) electrons. The summed E-state index contributed by atoms with van der Waals surface area (Å²) in [5, 5.41) is 3.22. The van der Waals surface area contributed by atoms with E-state index >= 15 is 0 Å². The molecule has 5 heteroatoms. The quantitative estimate of drug-likeness (QED) is 0.476. The lowest BCUT2D eigenvalue weighted by molar-refractivity contribution is -0.120. The Hall–Kier alpha value is -3.86. The summed E-state index contributed by atoms with van der Waals surface area (Å²) in [7, 11) is 0. The van der Waals surface area contributed by atoms with Crippen molar-refractivity contribution >= 4 is 28.8 Å². The highest BCUT2D eigenvalue weighted by atomic mass is 16.5. The summed E-state index contributed by atoms with van der Waals surface area (Å²) in [5.74, 6) is -0.00785. The minimum Gasteiger partial charge on any atom is -0.491 e. The van der Waals surface area contributed by atoms with Gasteiger partial charge in [0.2, 0.25) is 0 Å². The zero-order chi connectivity index (χ0) is 23.5. The van der Waals surface area contributed by atoms with Crippen LogP contribution in [0.3, 0.4) is 0 Å². The van der Waals surface area contributed by atoms with Gasteiger partial charge in [0.1, 0.15) is 11.4 Å². The van der Waals surface area contributed by atoms with Gasteiger partial charge in [0, 0.05) is 5.69 Å². The average molecular weight is 441 g/mol. The number of aryl methyl sites for hydroxylation is 2. The Morgan fingerprint density at radius 2 is 1.61 bits per heavy atom. The smallest absolute Gasteiger partial charge is 0.282 e. The molecule has 1 heterocycles. The summed E-state index contributed by atoms with van der Waals surface area (Å²) in [6, 6.07) is 22.5. The predicted octanol–water partition coefficient (Wildman–Crippen LogP) is 5.74. The Morgan fingerprint density at radius 3 is 2.21 bits per heavy atom. The molecule has 0 spiro atoms. The fourth-order valence-corrected chi connectivity index (χ4v) is 3.87. The van der Waals surface area contributed by atoms with E-state index in [4.69, 9.17) is 4.74 Å². The number of hydrogen-bond acceptors (Lipinski definition) is 4. The minimum atomic E-state index is -0.372. The summed E-state index contributed by atoms with van der Waals surface area (Å²) in [5.41, 5.74) is 4.78. The van der Waals surface area contributed by atoms with Gasteiger partial charge in [-0.25, -0.2) is 4.90 Å². The maximum Gasteiger partial charge on any atom is 0.282 e. The standard InChI is InChI=1S/C28H28N2O3/c1-5-20-9-13-23(14-10-20)30-27(31)25(21-11-15-24(16-12-21)33-18(2)3)26(28(30)32)29-22-8-6-7-19(4)17-22/h6-18,29H,5H2,1-4H3. The Kier molecular flexibility index (Phi) is 6.31. The summed E-state index contributed by atoms with van der Waals surface area (Å²) in [6.45, 7) is 7.97. The molecule has 5 nitrogen and oxygen atoms in total. The molecule has 0 fully saturated rings. The number of rotatable bonds is 7. The molecule has 2 amide bonds. The monoisotopic (exact) mass is 440 g/mol. The summed E-state index contributed by atoms with van der Waals surface area (Å²) in [4.78, 5) is 28.3. The molecule has 4 rings (SSSR count). The average Bonchev–Trinajstić information content (AvgIpc) is 3.03. The Bertz CT molecular complexity index is 1210. The molecule has 0 aliphatic carbocycles. The molecule has 0 bridgehead atoms. The third-order valence-corrected chi connectivity index (χ3v) is 5.49. The van der Waals surface area contributed by atoms with Gasteiger partial charge in [0.15, 0.2) is 0 Å². The van der Waals surface area contributed by atoms with Gasteiger partial charge < -0.3 is 10.1 Å². The number of carbonyl (C=O) groups excluding carboxylic acids is 2. The van der Waals surface area contributed by atoms with Crippen molar-refractivity contribution in [3.8, 4) is 5.75 Å². The number of nitrogens with zero attached hydrogens (tertiary/aromatic N) is 1. The van der Waals surface area contributed by atoms with Gasteiger partial charge in [0.05, 0.1) is 17.4 Å². The first-order valence-corrected chi connectivity index (χ1v) is 11.2. The van der Waals surface area contributed by atoms with Crippen LogP contribution in [0.4, 0.5) is 11.4 Å². The van der Waals surface area contributed by atoms with Gasteiger partial charge in [-0.15, -0.1) is 0 Å². The van der Waals surface area contributed by atoms with Crippen LogP contribution in [0.2, 0.25) is 0 Å². The van der Waals surface area contributed by atoms with E-state index in [1.54, 1.807) is 0 Å². The fraction of sp³-hybridized carbons (Fsp3) is 0.214. The summed E-state index contributed by atoms with van der Waals surface area (Å²) in [6.07, 6.45) is 0.932. The zero-order valence-electron chi connectivity index (χ0n) is 19.4. The van der Waals surface area contributed by atoms with Crippen molar-refractivity contribution in [3.05, 3.63) is 95.2 Å². The van der Waals surface area contributed by atoms with Gasteiger partial charge in [-0.05, 0) is 80.3 Å². The van der Waals surface area contributed by atoms with E-state index in [9.17, 15) is 9.59 Å². The first kappa shape index (κ1) is 22.3. The second-order valence-corrected chi connectivity index (χ2v) is 8.40. The predicted molar refractivity (Wildman–Crippen MR) is 132 cm³/mol. The van der Waals surface area contributed by atoms with E-state index in [1.807, 2.05) is 93.6 Å². The van der Waals surface area contributed by atoms with Crippen molar-refractivity contribution in [1.82, 2.24) is 0 Å². The van der Waals surface area contributed by atoms with Crippen LogP contribution in [0.25, 0.3) is 5.57 Å². The first-order chi connectivity index (χ1) is 15.9. The topological polar surface area (TPSA) is 58.6 Å². The van der Waals surface area contributed by atoms with Crippen LogP contribution in [0.15, 0.2) is 78.5 Å². The zero-order valence-corrected chi connectivity index (χ0v) is 19.4. The van der Waals surface area contributed by atoms with Crippen LogP contribution in [0.1, 0.15) is 37.5 Å². The second-order valence-electron chi connectivity index (χ2n) is 8.40. The fourth-order valence-electron chi connectivity index (χ4n) is 3.87. The number of amides is 2. The van der Waals surface area contributed by atoms with Crippen LogP contribution in [0, 0.1) is 6.92 Å². The number of anilines is 2. The number of nitrogens with one attached hydrogen (secondary N) is 1. The molecule has 168 valence electrons. The highest BCUT2D eigenvalue weighted by molar-refractivity contribution is 6.46. The van der Waals surface area contributed by atoms with E-state index in [2.05, 4.69) is 12.2 Å². The number of imide groups is 1. The van der Waals surface area contributed by atoms with Crippen molar-refractivity contribution in [3.63, 3.8) is 0 Å². The lowest BCUT2D eigenvalue weighted by Gasteiger charge is -2.16. The Morgan fingerprint density at radius 1 is 0.909 bits per heavy atom. The van der Waals surface area contributed by atoms with Gasteiger partial charge in [-0.3, -0.25) is 9.59 Å². The number of hydrogen-bond donors (Lipinski definition) is 1. The molecule has 3 aromatic carbocycles. The van der Waals surface area contributed by atoms with Crippen LogP contribution < -0.4 is 15.0 Å². The van der Waals surface area contributed by atoms with Crippen molar-refractivity contribution < 1.29 is 14.3 Å². The number of carbonyl (C=O) groups is 2. The first-order valence-electron chi connectivity index (χ1n) is 11.2. The van der Waals surface area contributed by atoms with E-state index in [0.717, 1.165) is 23.2 Å². The maximum absolute atomic E-state index is 13.6. The normalized spacial score (nSPS) is 13.8. The summed E-state index contributed by atoms with van der Waals surface area (Å²) >= 11 is 0. The Balaban J connectivity index is 1.76. The van der Waals surface area contributed by atoms with E-state index in [1.165, 1.54) is 4.90 Å². The van der Waals surface area contributed by atoms with Crippen molar-refractivity contribution in [2.45, 2.75) is 40.2 Å². The van der Waals surface area contributed by atoms with Crippen molar-refractivity contribution in [1.29, 1.82) is 0 Å². The highest BCUT2D eigenvalue weighted by Crippen LogP contribution is 2.34. The van der Waals surface area contributed by atoms with E-state index in [0.29, 0.717) is 22.6 Å². The number of benzene rings is 3. The molecule has 33 heavy (non-hydrogen) atoms. The van der Waals surface area contributed by atoms with Crippen LogP contribution in [-0.2, 0) is 16.0 Å². The Labute approximate surface area is 194 Å². The number of ether oxygens (including phenoxy) is 1. The van der Waals surface area contributed by atoms with Crippen molar-refractivity contribution in [2.24, 2.45) is 0 Å². The second kappa shape index (κ2) is 9.33. The highest BCUT2D eigenvalue weighted by Gasteiger charge is 2.40. The molecule has 0 atom stereocenters. The van der Waals surface area contributed by atoms with Gasteiger partial charge >= 0.3 is 0 Å². The third kappa shape index (κ3) is 4.67. The maximum atomic E-state index is 13.6. The molecule has 1 aliphatic heterocycles. The van der Waals surface area contributed by atoms with E-state index in [-0.39, 0.29) is 23.6 Å². The van der Waals surface area contributed by atoms with Gasteiger partial charge in [0.25, 0.3) is 11.8 Å². The van der Waals surface area contributed by atoms with Crippen molar-refractivity contribution in [2.75, 3.05) is 10.2 Å². The largest absolute Gasteiger partial charge is 0.491 e. The molecule has 0 aromatic heterocycles. The van der Waals surface area contributed by atoms with Crippen LogP contribution >= 0.6 is 0 Å². The molecule has 1 N–H and O–H groups in total. The van der Waals surface area contributed by atoms with Gasteiger partial charge in [-0.2, -0.15) is 0 Å².